The predicted molar refractivity (Wildman–Crippen MR) is 67.0 cm³/mol. The van der Waals surface area contributed by atoms with Crippen molar-refractivity contribution < 1.29 is 0 Å². The lowest BCUT2D eigenvalue weighted by molar-refractivity contribution is 0.643. The van der Waals surface area contributed by atoms with Crippen LogP contribution in [0.15, 0.2) is 23.2 Å². The van der Waals surface area contributed by atoms with Crippen LogP contribution in [0.1, 0.15) is 25.0 Å². The Hall–Kier alpha value is -1.31. The van der Waals surface area contributed by atoms with Gasteiger partial charge in [-0.15, -0.1) is 0 Å². The number of aliphatic imine (C=N–C) groups is 1. The van der Waals surface area contributed by atoms with Gasteiger partial charge in [-0.1, -0.05) is 32.0 Å². The minimum atomic E-state index is 1.04. The van der Waals surface area contributed by atoms with Crippen LogP contribution < -0.4 is 0 Å². The third-order valence-corrected chi connectivity index (χ3v) is 2.38. The van der Waals surface area contributed by atoms with Crippen molar-refractivity contribution in [2.75, 3.05) is 14.1 Å². The zero-order chi connectivity index (χ0) is 11.3. The Balaban J connectivity index is 3.10. The van der Waals surface area contributed by atoms with Gasteiger partial charge in [-0.05, 0) is 24.0 Å². The fourth-order valence-corrected chi connectivity index (χ4v) is 1.55. The van der Waals surface area contributed by atoms with Crippen molar-refractivity contribution in [3.05, 3.63) is 29.3 Å². The fourth-order valence-electron chi connectivity index (χ4n) is 1.55. The molecule has 0 unspecified atom stereocenters. The molecule has 0 heterocycles. The van der Waals surface area contributed by atoms with Gasteiger partial charge in [-0.2, -0.15) is 0 Å². The molecule has 0 saturated carbocycles. The Morgan fingerprint density at radius 2 is 1.67 bits per heavy atom. The van der Waals surface area contributed by atoms with Gasteiger partial charge in [0.05, 0.1) is 12.0 Å². The van der Waals surface area contributed by atoms with Crippen LogP contribution in [0.5, 0.6) is 0 Å². The van der Waals surface area contributed by atoms with Crippen LogP contribution in [-0.4, -0.2) is 25.3 Å². The first kappa shape index (κ1) is 11.8. The van der Waals surface area contributed by atoms with Gasteiger partial charge in [0, 0.05) is 14.1 Å². The normalized spacial score (nSPS) is 10.9. The van der Waals surface area contributed by atoms with E-state index in [2.05, 4.69) is 37.0 Å². The lowest BCUT2D eigenvalue weighted by atomic mass is 10.0. The quantitative estimate of drug-likeness (QED) is 0.543. The summed E-state index contributed by atoms with van der Waals surface area (Å²) in [5.74, 6) is 0. The number of rotatable bonds is 4. The Bertz CT molecular complexity index is 318. The van der Waals surface area contributed by atoms with E-state index in [4.69, 9.17) is 0 Å². The summed E-state index contributed by atoms with van der Waals surface area (Å²) in [6.07, 6.45) is 3.94. The first-order valence-electron chi connectivity index (χ1n) is 5.50. The molecule has 0 aliphatic heterocycles. The van der Waals surface area contributed by atoms with Gasteiger partial charge in [-0.3, -0.25) is 0 Å². The maximum atomic E-state index is 4.55. The zero-order valence-electron chi connectivity index (χ0n) is 10.1. The topological polar surface area (TPSA) is 15.6 Å². The largest absolute Gasteiger partial charge is 0.369 e. The molecule has 82 valence electrons. The number of benzene rings is 1. The van der Waals surface area contributed by atoms with Crippen LogP contribution in [0.4, 0.5) is 5.69 Å². The highest BCUT2D eigenvalue weighted by Gasteiger charge is 2.03. The number of nitrogens with zero attached hydrogens (tertiary/aromatic N) is 2. The minimum Gasteiger partial charge on any atom is -0.369 e. The average Bonchev–Trinajstić information content (AvgIpc) is 2.25. The van der Waals surface area contributed by atoms with Gasteiger partial charge in [0.1, 0.15) is 0 Å². The van der Waals surface area contributed by atoms with E-state index >= 15 is 0 Å². The van der Waals surface area contributed by atoms with E-state index < -0.39 is 0 Å². The highest BCUT2D eigenvalue weighted by atomic mass is 15.1. The Morgan fingerprint density at radius 1 is 1.13 bits per heavy atom. The van der Waals surface area contributed by atoms with Crippen molar-refractivity contribution in [2.45, 2.75) is 26.7 Å². The summed E-state index contributed by atoms with van der Waals surface area (Å²) >= 11 is 0. The van der Waals surface area contributed by atoms with Crippen LogP contribution >= 0.6 is 0 Å². The van der Waals surface area contributed by atoms with E-state index in [0.29, 0.717) is 0 Å². The smallest absolute Gasteiger partial charge is 0.0907 e. The summed E-state index contributed by atoms with van der Waals surface area (Å²) in [5, 5.41) is 0. The van der Waals surface area contributed by atoms with E-state index in [1.807, 2.05) is 25.3 Å². The molecule has 0 bridgehead atoms. The van der Waals surface area contributed by atoms with Gasteiger partial charge in [0.15, 0.2) is 0 Å². The average molecular weight is 204 g/mol. The van der Waals surface area contributed by atoms with Crippen LogP contribution in [0.25, 0.3) is 0 Å². The summed E-state index contributed by atoms with van der Waals surface area (Å²) in [5.41, 5.74) is 3.80. The molecule has 0 radical (unpaired) electrons. The molecule has 0 N–H and O–H groups in total. The third kappa shape index (κ3) is 3.08. The van der Waals surface area contributed by atoms with E-state index in [1.165, 1.54) is 11.1 Å². The van der Waals surface area contributed by atoms with Gasteiger partial charge in [0.2, 0.25) is 0 Å². The van der Waals surface area contributed by atoms with Crippen molar-refractivity contribution in [1.29, 1.82) is 0 Å². The first-order chi connectivity index (χ1) is 7.19. The molecule has 1 aromatic carbocycles. The second-order valence-electron chi connectivity index (χ2n) is 3.84. The van der Waals surface area contributed by atoms with Crippen molar-refractivity contribution in [1.82, 2.24) is 4.90 Å². The third-order valence-electron chi connectivity index (χ3n) is 2.38. The SMILES string of the molecule is CCc1cccc(CC)c1N=CN(C)C. The van der Waals surface area contributed by atoms with Crippen molar-refractivity contribution in [3.63, 3.8) is 0 Å². The maximum Gasteiger partial charge on any atom is 0.0907 e. The summed E-state index contributed by atoms with van der Waals surface area (Å²) < 4.78 is 0. The Labute approximate surface area is 92.6 Å². The van der Waals surface area contributed by atoms with E-state index in [-0.39, 0.29) is 0 Å². The number of para-hydroxylation sites is 1. The van der Waals surface area contributed by atoms with Crippen molar-refractivity contribution in [3.8, 4) is 0 Å². The van der Waals surface area contributed by atoms with E-state index in [9.17, 15) is 0 Å². The molecule has 0 atom stereocenters. The molecule has 0 amide bonds. The highest BCUT2D eigenvalue weighted by molar-refractivity contribution is 5.65. The van der Waals surface area contributed by atoms with E-state index in [0.717, 1.165) is 18.5 Å². The summed E-state index contributed by atoms with van der Waals surface area (Å²) in [4.78, 5) is 6.51. The monoisotopic (exact) mass is 204 g/mol. The molecule has 0 aliphatic carbocycles. The van der Waals surface area contributed by atoms with Crippen LogP contribution in [-0.2, 0) is 12.8 Å². The summed E-state index contributed by atoms with van der Waals surface area (Å²) in [6, 6.07) is 6.43. The van der Waals surface area contributed by atoms with Gasteiger partial charge in [-0.25, -0.2) is 4.99 Å². The first-order valence-corrected chi connectivity index (χ1v) is 5.50. The standard InChI is InChI=1S/C13H20N2/c1-5-11-8-7-9-12(6-2)13(11)14-10-15(3)4/h7-10H,5-6H2,1-4H3. The van der Waals surface area contributed by atoms with Gasteiger partial charge in [0.25, 0.3) is 0 Å². The second-order valence-corrected chi connectivity index (χ2v) is 3.84. The van der Waals surface area contributed by atoms with Gasteiger partial charge >= 0.3 is 0 Å². The second kappa shape index (κ2) is 5.54. The molecule has 0 saturated heterocycles. The van der Waals surface area contributed by atoms with Crippen molar-refractivity contribution >= 4 is 12.0 Å². The number of hydrogen-bond acceptors (Lipinski definition) is 1. The molecule has 2 nitrogen and oxygen atoms in total. The molecule has 0 aliphatic rings. The number of aryl methyl sites for hydroxylation is 2. The lowest BCUT2D eigenvalue weighted by Gasteiger charge is -2.09. The zero-order valence-corrected chi connectivity index (χ0v) is 10.1. The Kier molecular flexibility index (Phi) is 4.35. The molecule has 0 fully saturated rings. The Morgan fingerprint density at radius 3 is 2.07 bits per heavy atom. The molecule has 15 heavy (non-hydrogen) atoms. The van der Waals surface area contributed by atoms with Crippen LogP contribution in [0.3, 0.4) is 0 Å². The summed E-state index contributed by atoms with van der Waals surface area (Å²) in [7, 11) is 3.98. The maximum absolute atomic E-state index is 4.55. The molecule has 2 heteroatoms. The lowest BCUT2D eigenvalue weighted by Crippen LogP contribution is -2.07. The molecule has 0 spiro atoms. The molecule has 1 rings (SSSR count). The molecular formula is C13H20N2. The van der Waals surface area contributed by atoms with Crippen LogP contribution in [0.2, 0.25) is 0 Å². The predicted octanol–water partition coefficient (Wildman–Crippen LogP) is 3.03. The highest BCUT2D eigenvalue weighted by Crippen LogP contribution is 2.25. The minimum absolute atomic E-state index is 1.04. The summed E-state index contributed by atoms with van der Waals surface area (Å²) in [6.45, 7) is 4.34. The molecular weight excluding hydrogens is 184 g/mol. The van der Waals surface area contributed by atoms with Crippen LogP contribution in [0, 0.1) is 0 Å². The number of hydrogen-bond donors (Lipinski definition) is 0. The van der Waals surface area contributed by atoms with Crippen molar-refractivity contribution in [2.24, 2.45) is 4.99 Å². The molecule has 1 aromatic rings. The van der Waals surface area contributed by atoms with Gasteiger partial charge < -0.3 is 4.90 Å². The van der Waals surface area contributed by atoms with E-state index in [1.54, 1.807) is 0 Å². The molecule has 0 aromatic heterocycles. The fraction of sp³-hybridized carbons (Fsp3) is 0.462.